The molecule has 1 saturated heterocycles. The number of nitrogens with zero attached hydrogens (tertiary/aromatic N) is 3. The van der Waals surface area contributed by atoms with Gasteiger partial charge >= 0.3 is 0 Å². The molecule has 36 heavy (non-hydrogen) atoms. The van der Waals surface area contributed by atoms with Crippen molar-refractivity contribution in [3.63, 3.8) is 0 Å². The van der Waals surface area contributed by atoms with Crippen molar-refractivity contribution in [2.45, 2.75) is 35.8 Å². The molecule has 186 valence electrons. The zero-order chi connectivity index (χ0) is 26.1. The van der Waals surface area contributed by atoms with Gasteiger partial charge in [-0.1, -0.05) is 0 Å². The summed E-state index contributed by atoms with van der Waals surface area (Å²) in [4.78, 5) is 50.7. The topological polar surface area (TPSA) is 200 Å². The summed E-state index contributed by atoms with van der Waals surface area (Å²) >= 11 is 0. The number of ether oxygens (including phenoxy) is 1. The number of ketones is 3. The summed E-state index contributed by atoms with van der Waals surface area (Å²) in [7, 11) is 0. The monoisotopic (exact) mass is 495 g/mol. The van der Waals surface area contributed by atoms with E-state index in [0.717, 1.165) is 18.6 Å². The third kappa shape index (κ3) is 4.11. The molecule has 4 rings (SSSR count). The van der Waals surface area contributed by atoms with Crippen LogP contribution in [0.5, 0.6) is 0 Å². The number of hydrogen-bond donors (Lipinski definition) is 5. The van der Waals surface area contributed by atoms with E-state index in [1.807, 2.05) is 0 Å². The van der Waals surface area contributed by atoms with Crippen molar-refractivity contribution in [2.24, 2.45) is 0 Å². The summed E-state index contributed by atoms with van der Waals surface area (Å²) in [5.74, 6) is -7.15. The highest BCUT2D eigenvalue weighted by Crippen LogP contribution is 2.40. The summed E-state index contributed by atoms with van der Waals surface area (Å²) in [5, 5.41) is 55.5. The predicted molar refractivity (Wildman–Crippen MR) is 118 cm³/mol. The number of pyridine rings is 3. The Morgan fingerprint density at radius 3 is 1.75 bits per heavy atom. The lowest BCUT2D eigenvalue weighted by Crippen LogP contribution is -2.78. The molecule has 0 bridgehead atoms. The van der Waals surface area contributed by atoms with Gasteiger partial charge in [-0.25, -0.2) is 0 Å². The van der Waals surface area contributed by atoms with Crippen LogP contribution in [-0.4, -0.2) is 93.6 Å². The van der Waals surface area contributed by atoms with Gasteiger partial charge in [0.25, 0.3) is 5.79 Å². The van der Waals surface area contributed by atoms with E-state index in [1.165, 1.54) is 55.0 Å². The van der Waals surface area contributed by atoms with Crippen LogP contribution in [0.4, 0.5) is 0 Å². The maximum atomic E-state index is 13.3. The minimum atomic E-state index is -3.39. The Balaban J connectivity index is 1.83. The molecule has 0 radical (unpaired) electrons. The lowest BCUT2D eigenvalue weighted by molar-refractivity contribution is -0.343. The Morgan fingerprint density at radius 1 is 0.806 bits per heavy atom. The van der Waals surface area contributed by atoms with Crippen LogP contribution in [0.2, 0.25) is 0 Å². The van der Waals surface area contributed by atoms with Crippen molar-refractivity contribution >= 4 is 17.3 Å². The van der Waals surface area contributed by atoms with E-state index in [1.54, 1.807) is 0 Å². The van der Waals surface area contributed by atoms with Gasteiger partial charge in [0.15, 0.2) is 17.5 Å². The normalized spacial score (nSPS) is 28.8. The molecule has 3 aromatic rings. The maximum Gasteiger partial charge on any atom is 0.262 e. The van der Waals surface area contributed by atoms with Crippen LogP contribution in [-0.2, 0) is 4.74 Å². The number of carbonyl (C=O) groups is 3. The molecule has 1 fully saturated rings. The van der Waals surface area contributed by atoms with Crippen molar-refractivity contribution in [1.82, 2.24) is 15.0 Å². The maximum absolute atomic E-state index is 13.3. The summed E-state index contributed by atoms with van der Waals surface area (Å²) in [5.41, 5.74) is -4.05. The molecule has 0 aromatic carbocycles. The third-order valence-corrected chi connectivity index (χ3v) is 5.93. The predicted octanol–water partition coefficient (Wildman–Crippen LogP) is -1.28. The Labute approximate surface area is 203 Å². The molecule has 12 heteroatoms. The zero-order valence-electron chi connectivity index (χ0n) is 18.4. The van der Waals surface area contributed by atoms with Gasteiger partial charge in [0, 0.05) is 53.9 Å². The first-order valence-corrected chi connectivity index (χ1v) is 10.6. The molecule has 5 N–H and O–H groups in total. The number of hydrogen-bond acceptors (Lipinski definition) is 12. The average molecular weight is 495 g/mol. The first-order valence-electron chi connectivity index (χ1n) is 10.6. The number of aliphatic hydroxyl groups is 5. The standard InChI is InChI=1S/C24H21N3O9/c28-16(13-4-1-7-25-10-13)17(29)18-21(32)23(34,19(30)14-5-2-8-26-11-14)22(33)24(35,36-18)20(31)15-6-3-9-27-12-15/h1-12,17-18,21-22,29,32-35H/t17?,18-,21-,22-,23+,24-/m1/s1. The summed E-state index contributed by atoms with van der Waals surface area (Å²) in [6, 6.07) is 7.78. The van der Waals surface area contributed by atoms with Crippen LogP contribution in [0.15, 0.2) is 73.6 Å². The second-order valence-corrected chi connectivity index (χ2v) is 8.14. The van der Waals surface area contributed by atoms with Crippen LogP contribution in [0, 0.1) is 0 Å². The fourth-order valence-corrected chi connectivity index (χ4v) is 3.98. The molecule has 1 aliphatic heterocycles. The fourth-order valence-electron chi connectivity index (χ4n) is 3.98. The Bertz CT molecular complexity index is 1260. The average Bonchev–Trinajstić information content (AvgIpc) is 2.93. The molecular formula is C24H21N3O9. The van der Waals surface area contributed by atoms with Gasteiger partial charge in [0.2, 0.25) is 11.6 Å². The van der Waals surface area contributed by atoms with Crippen LogP contribution < -0.4 is 0 Å². The summed E-state index contributed by atoms with van der Waals surface area (Å²) < 4.78 is 5.26. The van der Waals surface area contributed by atoms with Gasteiger partial charge in [-0.15, -0.1) is 0 Å². The Kier molecular flexibility index (Phi) is 6.82. The van der Waals surface area contributed by atoms with Crippen LogP contribution in [0.25, 0.3) is 0 Å². The molecule has 3 aromatic heterocycles. The van der Waals surface area contributed by atoms with E-state index in [4.69, 9.17) is 4.74 Å². The van der Waals surface area contributed by atoms with E-state index in [9.17, 15) is 39.9 Å². The molecule has 0 amide bonds. The van der Waals surface area contributed by atoms with Crippen molar-refractivity contribution in [3.8, 4) is 0 Å². The third-order valence-electron chi connectivity index (χ3n) is 5.93. The second-order valence-electron chi connectivity index (χ2n) is 8.14. The molecular weight excluding hydrogens is 474 g/mol. The fraction of sp³-hybridized carbons (Fsp3) is 0.250. The van der Waals surface area contributed by atoms with Gasteiger partial charge in [0.1, 0.15) is 18.3 Å². The largest absolute Gasteiger partial charge is 0.387 e. The number of aromatic nitrogens is 3. The van der Waals surface area contributed by atoms with E-state index in [-0.39, 0.29) is 16.7 Å². The SMILES string of the molecule is O=C(c1cccnc1)C(O)[C@H]1O[C@](O)(C(=O)c2cccnc2)[C@H](O)[C@](O)(C(=O)c2cccnc2)[C@@H]1O. The molecule has 4 heterocycles. The molecule has 12 nitrogen and oxygen atoms in total. The van der Waals surface area contributed by atoms with Crippen LogP contribution in [0.3, 0.4) is 0 Å². The van der Waals surface area contributed by atoms with E-state index < -0.39 is 53.2 Å². The molecule has 0 spiro atoms. The van der Waals surface area contributed by atoms with Crippen molar-refractivity contribution in [2.75, 3.05) is 0 Å². The van der Waals surface area contributed by atoms with Crippen molar-refractivity contribution in [1.29, 1.82) is 0 Å². The van der Waals surface area contributed by atoms with Gasteiger partial charge < -0.3 is 30.3 Å². The first-order chi connectivity index (χ1) is 17.1. The highest BCUT2D eigenvalue weighted by molar-refractivity contribution is 6.07. The highest BCUT2D eigenvalue weighted by Gasteiger charge is 2.69. The number of rotatable bonds is 7. The molecule has 0 saturated carbocycles. The van der Waals surface area contributed by atoms with Gasteiger partial charge in [-0.05, 0) is 36.4 Å². The van der Waals surface area contributed by atoms with Crippen LogP contribution in [0.1, 0.15) is 31.1 Å². The first kappa shape index (κ1) is 25.3. The van der Waals surface area contributed by atoms with Crippen molar-refractivity contribution in [3.05, 3.63) is 90.3 Å². The van der Waals surface area contributed by atoms with E-state index in [0.29, 0.717) is 0 Å². The lowest BCUT2D eigenvalue weighted by Gasteiger charge is -2.51. The summed E-state index contributed by atoms with van der Waals surface area (Å²) in [6.07, 6.45) is -2.66. The lowest BCUT2D eigenvalue weighted by atomic mass is 9.72. The quantitative estimate of drug-likeness (QED) is 0.244. The van der Waals surface area contributed by atoms with Crippen molar-refractivity contribution < 1.29 is 44.7 Å². The molecule has 0 aliphatic carbocycles. The van der Waals surface area contributed by atoms with E-state index >= 15 is 0 Å². The highest BCUT2D eigenvalue weighted by atomic mass is 16.7. The van der Waals surface area contributed by atoms with Gasteiger partial charge in [0.05, 0.1) is 0 Å². The number of carbonyl (C=O) groups excluding carboxylic acids is 3. The van der Waals surface area contributed by atoms with Gasteiger partial charge in [-0.3, -0.25) is 29.3 Å². The van der Waals surface area contributed by atoms with E-state index in [2.05, 4.69) is 15.0 Å². The number of aliphatic hydroxyl groups excluding tert-OH is 3. The Morgan fingerprint density at radius 2 is 1.28 bits per heavy atom. The van der Waals surface area contributed by atoms with Gasteiger partial charge in [-0.2, -0.15) is 0 Å². The number of Topliss-reactive ketones (excluding diaryl/α,β-unsaturated/α-hetero) is 3. The zero-order valence-corrected chi connectivity index (χ0v) is 18.4. The Hall–Kier alpha value is -3.78. The summed E-state index contributed by atoms with van der Waals surface area (Å²) in [6.45, 7) is 0. The van der Waals surface area contributed by atoms with Crippen LogP contribution >= 0.6 is 0 Å². The minimum Gasteiger partial charge on any atom is -0.387 e. The minimum absolute atomic E-state index is 0.129. The molecule has 1 aliphatic rings. The second kappa shape index (κ2) is 9.70. The molecule has 1 unspecified atom stereocenters. The smallest absolute Gasteiger partial charge is 0.262 e. The molecule has 6 atom stereocenters.